The second-order valence-corrected chi connectivity index (χ2v) is 7.98. The van der Waals surface area contributed by atoms with Crippen LogP contribution < -0.4 is 14.4 Å². The number of halogens is 1. The molecule has 1 aliphatic heterocycles. The Bertz CT molecular complexity index is 808. The Morgan fingerprint density at radius 3 is 2.25 bits per heavy atom. The summed E-state index contributed by atoms with van der Waals surface area (Å²) in [6, 6.07) is 12.2. The lowest BCUT2D eigenvalue weighted by atomic mass is 10.2. The van der Waals surface area contributed by atoms with E-state index in [4.69, 9.17) is 9.47 Å². The second-order valence-electron chi connectivity index (χ2n) is 6.57. The Kier molecular flexibility index (Phi) is 6.67. The summed E-state index contributed by atoms with van der Waals surface area (Å²) < 4.78 is 23.7. The minimum atomic E-state index is -0.237. The molecule has 0 radical (unpaired) electrons. The van der Waals surface area contributed by atoms with Crippen LogP contribution in [0.5, 0.6) is 11.5 Å². The Balaban J connectivity index is 1.56. The maximum Gasteiger partial charge on any atom is 0.235 e. The molecule has 3 rings (SSSR count). The van der Waals surface area contributed by atoms with Gasteiger partial charge in [-0.15, -0.1) is 11.8 Å². The average molecular weight is 405 g/mol. The smallest absolute Gasteiger partial charge is 0.235 e. The molecule has 2 aromatic rings. The van der Waals surface area contributed by atoms with E-state index in [1.54, 1.807) is 26.4 Å². The quantitative estimate of drug-likeness (QED) is 0.687. The van der Waals surface area contributed by atoms with Crippen molar-refractivity contribution >= 4 is 23.4 Å². The average Bonchev–Trinajstić information content (AvgIpc) is 2.73. The first kappa shape index (κ1) is 20.3. The van der Waals surface area contributed by atoms with E-state index >= 15 is 0 Å². The van der Waals surface area contributed by atoms with Crippen molar-refractivity contribution in [3.05, 3.63) is 48.3 Å². The number of benzene rings is 2. The van der Waals surface area contributed by atoms with Crippen LogP contribution >= 0.6 is 11.8 Å². The molecule has 1 aliphatic rings. The van der Waals surface area contributed by atoms with Gasteiger partial charge in [-0.3, -0.25) is 4.79 Å². The first-order valence-corrected chi connectivity index (χ1v) is 10.1. The van der Waals surface area contributed by atoms with Crippen LogP contribution in [0.4, 0.5) is 10.1 Å². The molecule has 1 fully saturated rings. The van der Waals surface area contributed by atoms with Crippen LogP contribution in [0.1, 0.15) is 6.92 Å². The summed E-state index contributed by atoms with van der Waals surface area (Å²) in [6.45, 7) is 4.73. The fourth-order valence-corrected chi connectivity index (χ4v) is 4.22. The summed E-state index contributed by atoms with van der Waals surface area (Å²) in [6.07, 6.45) is 0. The molecule has 0 bridgehead atoms. The van der Waals surface area contributed by atoms with Crippen molar-refractivity contribution < 1.29 is 18.7 Å². The Hall–Kier alpha value is -2.41. The number of nitrogens with zero attached hydrogens (tertiary/aromatic N) is 2. The predicted molar refractivity (Wildman–Crippen MR) is 110 cm³/mol. The first-order valence-electron chi connectivity index (χ1n) is 9.20. The molecule has 5 nitrogen and oxygen atoms in total. The first-order chi connectivity index (χ1) is 13.5. The molecule has 0 saturated carbocycles. The molecule has 28 heavy (non-hydrogen) atoms. The van der Waals surface area contributed by atoms with E-state index in [2.05, 4.69) is 4.90 Å². The van der Waals surface area contributed by atoms with Crippen molar-refractivity contribution in [2.24, 2.45) is 0 Å². The van der Waals surface area contributed by atoms with Crippen molar-refractivity contribution in [3.63, 3.8) is 0 Å². The van der Waals surface area contributed by atoms with E-state index in [0.717, 1.165) is 23.7 Å². The van der Waals surface area contributed by atoms with Gasteiger partial charge in [0.25, 0.3) is 0 Å². The zero-order chi connectivity index (χ0) is 20.1. The molecule has 1 atom stereocenters. The molecule has 0 unspecified atom stereocenters. The van der Waals surface area contributed by atoms with Crippen LogP contribution in [0.15, 0.2) is 47.4 Å². The summed E-state index contributed by atoms with van der Waals surface area (Å²) >= 11 is 1.51. The lowest BCUT2D eigenvalue weighted by molar-refractivity contribution is -0.130. The molecule has 0 spiro atoms. The van der Waals surface area contributed by atoms with Crippen LogP contribution in [0, 0.1) is 5.82 Å². The molecule has 150 valence electrons. The van der Waals surface area contributed by atoms with Gasteiger partial charge in [-0.25, -0.2) is 4.39 Å². The van der Waals surface area contributed by atoms with Gasteiger partial charge in [0, 0.05) is 36.8 Å². The molecule has 1 heterocycles. The molecule has 2 aromatic carbocycles. The topological polar surface area (TPSA) is 42.0 Å². The molecule has 7 heteroatoms. The highest BCUT2D eigenvalue weighted by Gasteiger charge is 2.26. The number of anilines is 1. The van der Waals surface area contributed by atoms with E-state index in [1.807, 2.05) is 30.0 Å². The van der Waals surface area contributed by atoms with E-state index in [1.165, 1.54) is 23.9 Å². The molecular weight excluding hydrogens is 379 g/mol. The number of ether oxygens (including phenoxy) is 2. The minimum absolute atomic E-state index is 0.124. The molecular formula is C21H25FN2O3S. The third kappa shape index (κ3) is 4.70. The van der Waals surface area contributed by atoms with Gasteiger partial charge in [0.2, 0.25) is 5.91 Å². The fourth-order valence-electron chi connectivity index (χ4n) is 3.24. The van der Waals surface area contributed by atoms with Crippen molar-refractivity contribution in [2.75, 3.05) is 45.3 Å². The molecule has 0 aliphatic carbocycles. The third-order valence-electron chi connectivity index (χ3n) is 4.80. The number of carbonyl (C=O) groups excluding carboxylic acids is 1. The number of methoxy groups -OCH3 is 2. The van der Waals surface area contributed by atoms with Gasteiger partial charge in [0.05, 0.1) is 19.5 Å². The predicted octanol–water partition coefficient (Wildman–Crippen LogP) is 3.67. The van der Waals surface area contributed by atoms with E-state index < -0.39 is 0 Å². The van der Waals surface area contributed by atoms with Crippen LogP contribution in [-0.2, 0) is 4.79 Å². The van der Waals surface area contributed by atoms with E-state index in [0.29, 0.717) is 24.6 Å². The largest absolute Gasteiger partial charge is 0.493 e. The van der Waals surface area contributed by atoms with Crippen LogP contribution in [-0.4, -0.2) is 56.5 Å². The van der Waals surface area contributed by atoms with Crippen molar-refractivity contribution in [1.82, 2.24) is 4.90 Å². The highest BCUT2D eigenvalue weighted by atomic mass is 32.2. The maximum absolute atomic E-state index is 13.1. The van der Waals surface area contributed by atoms with E-state index in [9.17, 15) is 9.18 Å². The molecule has 0 aromatic heterocycles. The highest BCUT2D eigenvalue weighted by molar-refractivity contribution is 8.00. The number of piperazine rings is 1. The standard InChI is InChI=1S/C21H25FN2O3S/c1-15(28-18-8-9-19(26-2)20(14-18)27-3)21(25)24-12-10-23(11-13-24)17-6-4-16(22)5-7-17/h4-9,14-15H,10-13H2,1-3H3/t15-/m1/s1. The van der Waals surface area contributed by atoms with Crippen molar-refractivity contribution in [1.29, 1.82) is 0 Å². The van der Waals surface area contributed by atoms with Gasteiger partial charge < -0.3 is 19.3 Å². The SMILES string of the molecule is COc1ccc(S[C@H](C)C(=O)N2CCN(c3ccc(F)cc3)CC2)cc1OC. The Morgan fingerprint density at radius 2 is 1.64 bits per heavy atom. The number of rotatable bonds is 6. The lowest BCUT2D eigenvalue weighted by Crippen LogP contribution is -2.50. The lowest BCUT2D eigenvalue weighted by Gasteiger charge is -2.37. The minimum Gasteiger partial charge on any atom is -0.493 e. The van der Waals surface area contributed by atoms with Gasteiger partial charge in [0.15, 0.2) is 11.5 Å². The summed E-state index contributed by atoms with van der Waals surface area (Å²) in [5.41, 5.74) is 0.987. The zero-order valence-electron chi connectivity index (χ0n) is 16.4. The second kappa shape index (κ2) is 9.19. The van der Waals surface area contributed by atoms with Crippen LogP contribution in [0.2, 0.25) is 0 Å². The van der Waals surface area contributed by atoms with Crippen LogP contribution in [0.25, 0.3) is 0 Å². The third-order valence-corrected chi connectivity index (χ3v) is 5.88. The summed E-state index contributed by atoms with van der Waals surface area (Å²) in [5, 5.41) is -0.199. The number of hydrogen-bond donors (Lipinski definition) is 0. The van der Waals surface area contributed by atoms with Gasteiger partial charge in [-0.2, -0.15) is 0 Å². The maximum atomic E-state index is 13.1. The van der Waals surface area contributed by atoms with E-state index in [-0.39, 0.29) is 17.0 Å². The monoisotopic (exact) mass is 404 g/mol. The van der Waals surface area contributed by atoms with Gasteiger partial charge in [-0.05, 0) is 49.4 Å². The Morgan fingerprint density at radius 1 is 1.00 bits per heavy atom. The van der Waals surface area contributed by atoms with Crippen molar-refractivity contribution in [2.45, 2.75) is 17.1 Å². The molecule has 0 N–H and O–H groups in total. The normalized spacial score (nSPS) is 15.3. The zero-order valence-corrected chi connectivity index (χ0v) is 17.2. The number of carbonyl (C=O) groups is 1. The summed E-state index contributed by atoms with van der Waals surface area (Å²) in [7, 11) is 3.20. The molecule has 1 amide bonds. The Labute approximate surface area is 169 Å². The number of hydrogen-bond acceptors (Lipinski definition) is 5. The van der Waals surface area contributed by atoms with Gasteiger partial charge >= 0.3 is 0 Å². The van der Waals surface area contributed by atoms with Crippen molar-refractivity contribution in [3.8, 4) is 11.5 Å². The molecule has 1 saturated heterocycles. The van der Waals surface area contributed by atoms with Gasteiger partial charge in [-0.1, -0.05) is 0 Å². The summed E-state index contributed by atoms with van der Waals surface area (Å²) in [4.78, 5) is 17.9. The number of amides is 1. The van der Waals surface area contributed by atoms with Crippen LogP contribution in [0.3, 0.4) is 0 Å². The fraction of sp³-hybridized carbons (Fsp3) is 0.381. The highest BCUT2D eigenvalue weighted by Crippen LogP contribution is 2.34. The summed E-state index contributed by atoms with van der Waals surface area (Å²) in [5.74, 6) is 1.21. The number of thioether (sulfide) groups is 1. The van der Waals surface area contributed by atoms with Gasteiger partial charge in [0.1, 0.15) is 5.82 Å².